The van der Waals surface area contributed by atoms with Crippen LogP contribution in [0.15, 0.2) is 22.7 Å². The summed E-state index contributed by atoms with van der Waals surface area (Å²) in [5.41, 5.74) is 7.52. The molecule has 0 amide bonds. The van der Waals surface area contributed by atoms with Crippen LogP contribution >= 0.6 is 15.9 Å². The summed E-state index contributed by atoms with van der Waals surface area (Å²) in [7, 11) is 0. The van der Waals surface area contributed by atoms with Gasteiger partial charge in [0.2, 0.25) is 0 Å². The predicted octanol–water partition coefficient (Wildman–Crippen LogP) is 3.68. The smallest absolute Gasteiger partial charge is 0.138 e. The van der Waals surface area contributed by atoms with Crippen LogP contribution in [-0.2, 0) is 0 Å². The van der Waals surface area contributed by atoms with Crippen molar-refractivity contribution >= 4 is 21.7 Å². The van der Waals surface area contributed by atoms with Gasteiger partial charge in [-0.05, 0) is 47.8 Å². The van der Waals surface area contributed by atoms with Crippen LogP contribution in [0.3, 0.4) is 0 Å². The molecule has 3 rings (SSSR count). The summed E-state index contributed by atoms with van der Waals surface area (Å²) < 4.78 is 16.1. The number of anilines is 1. The van der Waals surface area contributed by atoms with Crippen LogP contribution in [0.1, 0.15) is 24.7 Å². The molecule has 5 heteroatoms. The standard InChI is InChI=1S/C13H13BrFN3/c1-7-17-12(13(16)18(7)9-3-4-9)8-2-5-10(14)11(15)6-8/h2,5-6,9H,3-4,16H2,1H3. The van der Waals surface area contributed by atoms with Gasteiger partial charge in [-0.1, -0.05) is 6.07 Å². The minimum absolute atomic E-state index is 0.300. The van der Waals surface area contributed by atoms with Crippen LogP contribution < -0.4 is 5.73 Å². The van der Waals surface area contributed by atoms with E-state index >= 15 is 0 Å². The summed E-state index contributed by atoms with van der Waals surface area (Å²) in [4.78, 5) is 4.47. The maximum Gasteiger partial charge on any atom is 0.138 e. The fraction of sp³-hybridized carbons (Fsp3) is 0.308. The number of nitrogens with two attached hydrogens (primary N) is 1. The topological polar surface area (TPSA) is 43.8 Å². The predicted molar refractivity (Wildman–Crippen MR) is 72.7 cm³/mol. The van der Waals surface area contributed by atoms with E-state index in [1.807, 2.05) is 13.0 Å². The molecule has 0 saturated heterocycles. The molecule has 1 aliphatic carbocycles. The normalized spacial score (nSPS) is 15.1. The van der Waals surface area contributed by atoms with Crippen molar-refractivity contribution in [3.8, 4) is 11.3 Å². The van der Waals surface area contributed by atoms with E-state index < -0.39 is 0 Å². The van der Waals surface area contributed by atoms with E-state index in [1.165, 1.54) is 6.07 Å². The molecule has 1 fully saturated rings. The van der Waals surface area contributed by atoms with Gasteiger partial charge in [0.15, 0.2) is 0 Å². The molecule has 3 nitrogen and oxygen atoms in total. The third-order valence-electron chi connectivity index (χ3n) is 3.23. The van der Waals surface area contributed by atoms with Crippen LogP contribution in [0.2, 0.25) is 0 Å². The van der Waals surface area contributed by atoms with Gasteiger partial charge in [0.1, 0.15) is 23.2 Å². The summed E-state index contributed by atoms with van der Waals surface area (Å²) in [5.74, 6) is 1.23. The Morgan fingerprint density at radius 2 is 2.17 bits per heavy atom. The molecule has 1 aromatic carbocycles. The molecular weight excluding hydrogens is 297 g/mol. The van der Waals surface area contributed by atoms with E-state index in [0.29, 0.717) is 22.0 Å². The van der Waals surface area contributed by atoms with Crippen molar-refractivity contribution < 1.29 is 4.39 Å². The Kier molecular flexibility index (Phi) is 2.66. The van der Waals surface area contributed by atoms with E-state index in [2.05, 4.69) is 25.5 Å². The first-order valence-electron chi connectivity index (χ1n) is 5.87. The lowest BCUT2D eigenvalue weighted by molar-refractivity contribution is 0.621. The first-order chi connectivity index (χ1) is 8.58. The second-order valence-corrected chi connectivity index (χ2v) is 5.48. The number of nitrogen functional groups attached to an aromatic ring is 1. The van der Waals surface area contributed by atoms with E-state index in [-0.39, 0.29) is 5.82 Å². The first-order valence-corrected chi connectivity index (χ1v) is 6.67. The highest BCUT2D eigenvalue weighted by Gasteiger charge is 2.28. The zero-order valence-corrected chi connectivity index (χ0v) is 11.5. The SMILES string of the molecule is Cc1nc(-c2ccc(Br)c(F)c2)c(N)n1C1CC1. The van der Waals surface area contributed by atoms with Gasteiger partial charge in [0, 0.05) is 11.6 Å². The molecule has 1 heterocycles. The molecule has 0 aliphatic heterocycles. The maximum absolute atomic E-state index is 13.6. The molecule has 0 bridgehead atoms. The Balaban J connectivity index is 2.11. The van der Waals surface area contributed by atoms with Crippen molar-refractivity contribution in [2.75, 3.05) is 5.73 Å². The lowest BCUT2D eigenvalue weighted by Crippen LogP contribution is -2.02. The Morgan fingerprint density at radius 3 is 2.78 bits per heavy atom. The van der Waals surface area contributed by atoms with Crippen molar-refractivity contribution in [3.05, 3.63) is 34.3 Å². The van der Waals surface area contributed by atoms with Crippen LogP contribution in [0.4, 0.5) is 10.2 Å². The number of imidazole rings is 1. The molecule has 94 valence electrons. The molecule has 2 N–H and O–H groups in total. The molecule has 2 aromatic rings. The van der Waals surface area contributed by atoms with Crippen LogP contribution in [0, 0.1) is 12.7 Å². The summed E-state index contributed by atoms with van der Waals surface area (Å²) in [5, 5.41) is 0. The van der Waals surface area contributed by atoms with Crippen LogP contribution in [0.5, 0.6) is 0 Å². The van der Waals surface area contributed by atoms with Gasteiger partial charge in [-0.25, -0.2) is 9.37 Å². The van der Waals surface area contributed by atoms with Crippen molar-refractivity contribution in [1.82, 2.24) is 9.55 Å². The highest BCUT2D eigenvalue weighted by atomic mass is 79.9. The Morgan fingerprint density at radius 1 is 1.44 bits per heavy atom. The summed E-state index contributed by atoms with van der Waals surface area (Å²) >= 11 is 3.14. The van der Waals surface area contributed by atoms with E-state index in [4.69, 9.17) is 5.73 Å². The van der Waals surface area contributed by atoms with Gasteiger partial charge in [-0.2, -0.15) is 0 Å². The Bertz CT molecular complexity index is 617. The molecular formula is C13H13BrFN3. The third-order valence-corrected chi connectivity index (χ3v) is 3.87. The number of hydrogen-bond acceptors (Lipinski definition) is 2. The first kappa shape index (κ1) is 11.7. The number of benzene rings is 1. The van der Waals surface area contributed by atoms with Gasteiger partial charge in [-0.15, -0.1) is 0 Å². The second-order valence-electron chi connectivity index (χ2n) is 4.62. The summed E-state index contributed by atoms with van der Waals surface area (Å²) in [6, 6.07) is 5.43. The number of nitrogens with zero attached hydrogens (tertiary/aromatic N) is 2. The number of halogens is 2. The Labute approximate surface area is 113 Å². The summed E-state index contributed by atoms with van der Waals surface area (Å²) in [6.45, 7) is 1.94. The lowest BCUT2D eigenvalue weighted by Gasteiger charge is -2.05. The van der Waals surface area contributed by atoms with Crippen molar-refractivity contribution in [1.29, 1.82) is 0 Å². The van der Waals surface area contributed by atoms with E-state index in [1.54, 1.807) is 6.07 Å². The van der Waals surface area contributed by atoms with Crippen molar-refractivity contribution in [2.45, 2.75) is 25.8 Å². The van der Waals surface area contributed by atoms with Gasteiger partial charge in [0.25, 0.3) is 0 Å². The largest absolute Gasteiger partial charge is 0.383 e. The Hall–Kier alpha value is -1.36. The van der Waals surface area contributed by atoms with Crippen molar-refractivity contribution in [3.63, 3.8) is 0 Å². The maximum atomic E-state index is 13.6. The van der Waals surface area contributed by atoms with Crippen LogP contribution in [0.25, 0.3) is 11.3 Å². The molecule has 0 unspecified atom stereocenters. The summed E-state index contributed by atoms with van der Waals surface area (Å²) in [6.07, 6.45) is 2.30. The highest BCUT2D eigenvalue weighted by Crippen LogP contribution is 2.40. The van der Waals surface area contributed by atoms with E-state index in [9.17, 15) is 4.39 Å². The monoisotopic (exact) mass is 309 g/mol. The minimum Gasteiger partial charge on any atom is -0.383 e. The average Bonchev–Trinajstić information content (AvgIpc) is 3.10. The number of hydrogen-bond donors (Lipinski definition) is 1. The average molecular weight is 310 g/mol. The quantitative estimate of drug-likeness (QED) is 0.919. The zero-order chi connectivity index (χ0) is 12.9. The number of rotatable bonds is 2. The number of aryl methyl sites for hydroxylation is 1. The second kappa shape index (κ2) is 4.09. The van der Waals surface area contributed by atoms with Gasteiger partial charge in [-0.3, -0.25) is 0 Å². The fourth-order valence-electron chi connectivity index (χ4n) is 2.21. The molecule has 1 aliphatic rings. The zero-order valence-electron chi connectivity index (χ0n) is 9.95. The third kappa shape index (κ3) is 1.82. The molecule has 18 heavy (non-hydrogen) atoms. The van der Waals surface area contributed by atoms with Gasteiger partial charge < -0.3 is 10.3 Å². The fourth-order valence-corrected chi connectivity index (χ4v) is 2.46. The molecule has 0 atom stereocenters. The van der Waals surface area contributed by atoms with Gasteiger partial charge >= 0.3 is 0 Å². The highest BCUT2D eigenvalue weighted by molar-refractivity contribution is 9.10. The molecule has 0 radical (unpaired) electrons. The number of aromatic nitrogens is 2. The molecule has 1 aromatic heterocycles. The minimum atomic E-state index is -0.300. The van der Waals surface area contributed by atoms with Gasteiger partial charge in [0.05, 0.1) is 4.47 Å². The molecule has 0 spiro atoms. The molecule has 1 saturated carbocycles. The van der Waals surface area contributed by atoms with Crippen molar-refractivity contribution in [2.24, 2.45) is 0 Å². The van der Waals surface area contributed by atoms with E-state index in [0.717, 1.165) is 24.2 Å². The lowest BCUT2D eigenvalue weighted by atomic mass is 10.1. The van der Waals surface area contributed by atoms with Crippen LogP contribution in [-0.4, -0.2) is 9.55 Å².